The molecule has 0 aromatic heterocycles. The molecule has 0 bridgehead atoms. The van der Waals surface area contributed by atoms with Crippen LogP contribution in [-0.4, -0.2) is 18.5 Å². The zero-order valence-electron chi connectivity index (χ0n) is 10.2. The first-order valence-electron chi connectivity index (χ1n) is 5.87. The fraction of sp³-hybridized carbons (Fsp3) is 0.462. The van der Waals surface area contributed by atoms with Crippen molar-refractivity contribution in [2.45, 2.75) is 32.5 Å². The molecule has 0 heterocycles. The minimum absolute atomic E-state index is 0.0574. The molecule has 1 aliphatic carbocycles. The molecule has 1 fully saturated rings. The number of Topliss-reactive ketones (excluding diaryl/α,β-unsaturated/α-hetero) is 1. The van der Waals surface area contributed by atoms with Crippen LogP contribution in [-0.2, 0) is 4.79 Å². The average Bonchev–Trinajstić information content (AvgIpc) is 2.25. The van der Waals surface area contributed by atoms with Gasteiger partial charge in [0.25, 0.3) is 0 Å². The third-order valence-electron chi connectivity index (χ3n) is 3.09. The monoisotopic (exact) mass is 274 g/mol. The Morgan fingerprint density at radius 2 is 2.00 bits per heavy atom. The van der Waals surface area contributed by atoms with Gasteiger partial charge in [-0.25, -0.2) is 4.39 Å². The molecule has 0 atom stereocenters. The van der Waals surface area contributed by atoms with Crippen molar-refractivity contribution in [1.82, 2.24) is 0 Å². The van der Waals surface area contributed by atoms with Crippen LogP contribution in [0.15, 0.2) is 18.2 Å². The lowest BCUT2D eigenvalue weighted by molar-refractivity contribution is -0.126. The van der Waals surface area contributed by atoms with E-state index in [1.165, 1.54) is 6.92 Å². The second-order valence-corrected chi connectivity index (χ2v) is 4.49. The number of hydrogen-bond donors (Lipinski definition) is 0. The first-order valence-corrected chi connectivity index (χ1v) is 5.87. The molecule has 0 saturated heterocycles. The predicted molar refractivity (Wildman–Crippen MR) is 60.9 cm³/mol. The number of alkyl halides is 2. The number of halogens is 3. The number of ether oxygens (including phenoxy) is 2. The van der Waals surface area contributed by atoms with Crippen molar-refractivity contribution >= 4 is 5.78 Å². The number of hydrogen-bond acceptors (Lipinski definition) is 3. The summed E-state index contributed by atoms with van der Waals surface area (Å²) < 4.78 is 47.1. The molecule has 104 valence electrons. The topological polar surface area (TPSA) is 35.5 Å². The largest absolute Gasteiger partial charge is 0.486 e. The van der Waals surface area contributed by atoms with Crippen LogP contribution in [0.2, 0.25) is 0 Å². The normalized spacial score (nSPS) is 21.9. The minimum atomic E-state index is -3.00. The van der Waals surface area contributed by atoms with Crippen LogP contribution < -0.4 is 9.47 Å². The van der Waals surface area contributed by atoms with Gasteiger partial charge in [0.2, 0.25) is 0 Å². The molecule has 1 aliphatic rings. The van der Waals surface area contributed by atoms with Gasteiger partial charge < -0.3 is 9.47 Å². The van der Waals surface area contributed by atoms with Crippen molar-refractivity contribution < 1.29 is 27.4 Å². The van der Waals surface area contributed by atoms with Crippen LogP contribution in [0.25, 0.3) is 0 Å². The van der Waals surface area contributed by atoms with Crippen LogP contribution in [0.1, 0.15) is 19.8 Å². The van der Waals surface area contributed by atoms with Gasteiger partial charge in [-0.2, -0.15) is 8.78 Å². The Hall–Kier alpha value is -1.72. The summed E-state index contributed by atoms with van der Waals surface area (Å²) in [5, 5.41) is 0. The number of rotatable bonds is 5. The summed E-state index contributed by atoms with van der Waals surface area (Å²) in [5.74, 6) is -0.852. The van der Waals surface area contributed by atoms with Gasteiger partial charge in [0.1, 0.15) is 17.7 Å². The van der Waals surface area contributed by atoms with E-state index in [1.54, 1.807) is 0 Å². The minimum Gasteiger partial charge on any atom is -0.486 e. The van der Waals surface area contributed by atoms with Gasteiger partial charge in [-0.1, -0.05) is 0 Å². The third kappa shape index (κ3) is 3.39. The highest BCUT2D eigenvalue weighted by molar-refractivity contribution is 5.79. The number of ketones is 1. The molecule has 0 aliphatic heterocycles. The number of benzene rings is 1. The molecule has 0 unspecified atom stereocenters. The van der Waals surface area contributed by atoms with Gasteiger partial charge in [0, 0.05) is 12.0 Å². The van der Waals surface area contributed by atoms with Crippen LogP contribution in [0.4, 0.5) is 13.2 Å². The molecule has 19 heavy (non-hydrogen) atoms. The average molecular weight is 274 g/mol. The molecule has 0 spiro atoms. The summed E-state index contributed by atoms with van der Waals surface area (Å²) in [5.41, 5.74) is 0. The van der Waals surface area contributed by atoms with Gasteiger partial charge in [-0.05, 0) is 31.9 Å². The van der Waals surface area contributed by atoms with Crippen molar-refractivity contribution in [3.8, 4) is 11.5 Å². The van der Waals surface area contributed by atoms with E-state index in [9.17, 15) is 18.0 Å². The fourth-order valence-corrected chi connectivity index (χ4v) is 1.94. The highest BCUT2D eigenvalue weighted by atomic mass is 19.3. The molecular formula is C13H13F3O3. The molecule has 1 saturated carbocycles. The highest BCUT2D eigenvalue weighted by Crippen LogP contribution is 2.36. The fourth-order valence-electron chi connectivity index (χ4n) is 1.94. The maximum atomic E-state index is 13.1. The second kappa shape index (κ2) is 5.50. The van der Waals surface area contributed by atoms with E-state index in [0.29, 0.717) is 12.8 Å². The van der Waals surface area contributed by atoms with E-state index >= 15 is 0 Å². The van der Waals surface area contributed by atoms with E-state index in [1.807, 2.05) is 0 Å². The van der Waals surface area contributed by atoms with E-state index < -0.39 is 12.4 Å². The molecule has 1 aromatic carbocycles. The molecule has 2 rings (SSSR count). The molecule has 0 radical (unpaired) electrons. The molecule has 6 heteroatoms. The highest BCUT2D eigenvalue weighted by Gasteiger charge is 2.34. The van der Waals surface area contributed by atoms with E-state index in [-0.39, 0.29) is 29.3 Å². The zero-order chi connectivity index (χ0) is 14.0. The van der Waals surface area contributed by atoms with Crippen LogP contribution in [0, 0.1) is 11.7 Å². The van der Waals surface area contributed by atoms with E-state index in [0.717, 1.165) is 18.2 Å². The number of carbonyl (C=O) groups excluding carboxylic acids is 1. The zero-order valence-corrected chi connectivity index (χ0v) is 10.2. The molecule has 0 amide bonds. The lowest BCUT2D eigenvalue weighted by atomic mass is 9.80. The Balaban J connectivity index is 2.03. The summed E-state index contributed by atoms with van der Waals surface area (Å²) in [6.45, 7) is -1.51. The van der Waals surface area contributed by atoms with Crippen molar-refractivity contribution in [2.24, 2.45) is 5.92 Å². The SMILES string of the molecule is CC(=O)C1CC(Oc2cc(F)ccc2OC(F)F)C1. The Kier molecular flexibility index (Phi) is 3.97. The summed E-state index contributed by atoms with van der Waals surface area (Å²) >= 11 is 0. The molecule has 0 N–H and O–H groups in total. The molecule has 1 aromatic rings. The molecule has 3 nitrogen and oxygen atoms in total. The summed E-state index contributed by atoms with van der Waals surface area (Å²) in [4.78, 5) is 11.1. The van der Waals surface area contributed by atoms with Crippen LogP contribution in [0.5, 0.6) is 11.5 Å². The van der Waals surface area contributed by atoms with Gasteiger partial charge >= 0.3 is 6.61 Å². The third-order valence-corrected chi connectivity index (χ3v) is 3.09. The van der Waals surface area contributed by atoms with Crippen molar-refractivity contribution in [3.05, 3.63) is 24.0 Å². The maximum Gasteiger partial charge on any atom is 0.387 e. The van der Waals surface area contributed by atoms with E-state index in [4.69, 9.17) is 4.74 Å². The lowest BCUT2D eigenvalue weighted by Crippen LogP contribution is -2.37. The lowest BCUT2D eigenvalue weighted by Gasteiger charge is -2.34. The summed E-state index contributed by atoms with van der Waals surface area (Å²) in [7, 11) is 0. The Morgan fingerprint density at radius 1 is 1.32 bits per heavy atom. The first-order chi connectivity index (χ1) is 8.95. The van der Waals surface area contributed by atoms with Crippen molar-refractivity contribution in [3.63, 3.8) is 0 Å². The van der Waals surface area contributed by atoms with Crippen molar-refractivity contribution in [1.29, 1.82) is 0 Å². The Bertz CT molecular complexity index is 470. The number of carbonyl (C=O) groups is 1. The second-order valence-electron chi connectivity index (χ2n) is 4.49. The first kappa shape index (κ1) is 13.7. The summed E-state index contributed by atoms with van der Waals surface area (Å²) in [6.07, 6.45) is 0.760. The van der Waals surface area contributed by atoms with Gasteiger partial charge in [0.15, 0.2) is 11.5 Å². The standard InChI is InChI=1S/C13H13F3O3/c1-7(17)8-4-10(5-8)18-12-6-9(14)2-3-11(12)19-13(15)16/h2-3,6,8,10,13H,4-5H2,1H3. The van der Waals surface area contributed by atoms with Gasteiger partial charge in [-0.3, -0.25) is 4.79 Å². The molecular weight excluding hydrogens is 261 g/mol. The Morgan fingerprint density at radius 3 is 2.58 bits per heavy atom. The Labute approximate surface area is 108 Å². The predicted octanol–water partition coefficient (Wildman–Crippen LogP) is 3.17. The summed E-state index contributed by atoms with van der Waals surface area (Å²) in [6, 6.07) is 3.11. The quantitative estimate of drug-likeness (QED) is 0.827. The van der Waals surface area contributed by atoms with Crippen LogP contribution in [0.3, 0.4) is 0 Å². The van der Waals surface area contributed by atoms with Crippen molar-refractivity contribution in [2.75, 3.05) is 0 Å². The smallest absolute Gasteiger partial charge is 0.387 e. The van der Waals surface area contributed by atoms with Gasteiger partial charge in [0.05, 0.1) is 0 Å². The van der Waals surface area contributed by atoms with Crippen LogP contribution >= 0.6 is 0 Å². The maximum absolute atomic E-state index is 13.1. The van der Waals surface area contributed by atoms with E-state index in [2.05, 4.69) is 4.74 Å². The van der Waals surface area contributed by atoms with Gasteiger partial charge in [-0.15, -0.1) is 0 Å².